The van der Waals surface area contributed by atoms with E-state index in [0.29, 0.717) is 16.7 Å². The molecule has 7 nitrogen and oxygen atoms in total. The minimum absolute atomic E-state index is 0.0809. The number of thiazole rings is 1. The molecule has 0 N–H and O–H groups in total. The molecule has 4 rings (SSSR count). The van der Waals surface area contributed by atoms with E-state index >= 15 is 0 Å². The van der Waals surface area contributed by atoms with E-state index in [0.717, 1.165) is 27.8 Å². The molecule has 0 radical (unpaired) electrons. The summed E-state index contributed by atoms with van der Waals surface area (Å²) in [7, 11) is 3.96. The van der Waals surface area contributed by atoms with Crippen LogP contribution in [0.15, 0.2) is 42.5 Å². The Kier molecular flexibility index (Phi) is 5.25. The van der Waals surface area contributed by atoms with Crippen molar-refractivity contribution in [3.8, 4) is 0 Å². The van der Waals surface area contributed by atoms with Crippen molar-refractivity contribution in [3.63, 3.8) is 0 Å². The van der Waals surface area contributed by atoms with E-state index in [-0.39, 0.29) is 12.5 Å². The van der Waals surface area contributed by atoms with Gasteiger partial charge in [0.2, 0.25) is 0 Å². The molecule has 0 aliphatic carbocycles. The number of carbonyl (C=O) groups is 1. The molecule has 0 saturated carbocycles. The van der Waals surface area contributed by atoms with Crippen molar-refractivity contribution in [2.75, 3.05) is 32.1 Å². The van der Waals surface area contributed by atoms with Crippen LogP contribution in [0.3, 0.4) is 0 Å². The van der Waals surface area contributed by atoms with Crippen LogP contribution in [-0.2, 0) is 11.3 Å². The molecule has 0 unspecified atom stereocenters. The Morgan fingerprint density at radius 3 is 2.79 bits per heavy atom. The first kappa shape index (κ1) is 18.8. The van der Waals surface area contributed by atoms with Gasteiger partial charge in [0.1, 0.15) is 12.1 Å². The van der Waals surface area contributed by atoms with Crippen molar-refractivity contribution in [2.24, 2.45) is 0 Å². The summed E-state index contributed by atoms with van der Waals surface area (Å²) < 4.78 is 2.58. The van der Waals surface area contributed by atoms with E-state index in [1.54, 1.807) is 15.6 Å². The van der Waals surface area contributed by atoms with Crippen LogP contribution in [0, 0.1) is 0 Å². The molecule has 0 saturated heterocycles. The first-order valence-electron chi connectivity index (χ1n) is 8.81. The van der Waals surface area contributed by atoms with Gasteiger partial charge in [-0.25, -0.2) is 9.67 Å². The molecule has 2 aromatic carbocycles. The zero-order valence-electron chi connectivity index (χ0n) is 15.5. The zero-order chi connectivity index (χ0) is 19.7. The molecular formula is C19H19ClN6OS. The minimum Gasteiger partial charge on any atom is -0.308 e. The summed E-state index contributed by atoms with van der Waals surface area (Å²) in [5.74, 6) is -0.0809. The van der Waals surface area contributed by atoms with Gasteiger partial charge in [0.05, 0.1) is 15.7 Å². The van der Waals surface area contributed by atoms with Crippen molar-refractivity contribution in [2.45, 2.75) is 6.54 Å². The van der Waals surface area contributed by atoms with E-state index in [1.807, 2.05) is 55.4 Å². The number of fused-ring (bicyclic) bond motifs is 2. The Labute approximate surface area is 171 Å². The summed E-state index contributed by atoms with van der Waals surface area (Å²) in [6, 6.07) is 13.2. The summed E-state index contributed by atoms with van der Waals surface area (Å²) >= 11 is 7.56. The highest BCUT2D eigenvalue weighted by Gasteiger charge is 2.21. The Bertz CT molecular complexity index is 1140. The fourth-order valence-corrected chi connectivity index (χ4v) is 4.16. The number of anilines is 1. The van der Waals surface area contributed by atoms with Gasteiger partial charge in [0.25, 0.3) is 5.91 Å². The third kappa shape index (κ3) is 3.84. The Morgan fingerprint density at radius 1 is 1.14 bits per heavy atom. The number of amides is 1. The highest BCUT2D eigenvalue weighted by Crippen LogP contribution is 2.31. The van der Waals surface area contributed by atoms with Crippen LogP contribution in [0.25, 0.3) is 21.3 Å². The zero-order valence-corrected chi connectivity index (χ0v) is 17.1. The lowest BCUT2D eigenvalue weighted by Gasteiger charge is -2.22. The molecule has 0 fully saturated rings. The van der Waals surface area contributed by atoms with Crippen LogP contribution >= 0.6 is 22.9 Å². The van der Waals surface area contributed by atoms with Gasteiger partial charge in [0.15, 0.2) is 5.13 Å². The lowest BCUT2D eigenvalue weighted by Crippen LogP contribution is -2.38. The molecule has 0 aliphatic heterocycles. The van der Waals surface area contributed by atoms with Crippen LogP contribution in [0.1, 0.15) is 0 Å². The van der Waals surface area contributed by atoms with Gasteiger partial charge in [-0.3, -0.25) is 9.69 Å². The number of hydrogen-bond acceptors (Lipinski definition) is 6. The minimum atomic E-state index is -0.0809. The molecule has 0 spiro atoms. The number of nitrogens with zero attached hydrogens (tertiary/aromatic N) is 6. The van der Waals surface area contributed by atoms with Gasteiger partial charge in [-0.15, -0.1) is 5.10 Å². The number of halogens is 1. The van der Waals surface area contributed by atoms with E-state index < -0.39 is 0 Å². The first-order valence-corrected chi connectivity index (χ1v) is 10.00. The van der Waals surface area contributed by atoms with Crippen molar-refractivity contribution in [3.05, 3.63) is 47.5 Å². The quantitative estimate of drug-likeness (QED) is 0.484. The SMILES string of the molecule is CN(C)CCN(C(=O)Cn1nnc2ccccc21)c1nc2ccc(Cl)cc2s1. The first-order chi connectivity index (χ1) is 13.5. The lowest BCUT2D eigenvalue weighted by molar-refractivity contribution is -0.119. The second kappa shape index (κ2) is 7.83. The molecule has 0 bridgehead atoms. The number of likely N-dealkylation sites (N-methyl/N-ethyl adjacent to an activating group) is 1. The van der Waals surface area contributed by atoms with Crippen LogP contribution in [0.2, 0.25) is 5.02 Å². The summed E-state index contributed by atoms with van der Waals surface area (Å²) in [4.78, 5) is 21.6. The average Bonchev–Trinajstić information content (AvgIpc) is 3.25. The molecule has 144 valence electrons. The number of benzene rings is 2. The Hall–Kier alpha value is -2.55. The van der Waals surface area contributed by atoms with Gasteiger partial charge in [-0.1, -0.05) is 40.3 Å². The maximum absolute atomic E-state index is 13.2. The Balaban J connectivity index is 1.65. The molecule has 2 aromatic heterocycles. The fourth-order valence-electron chi connectivity index (χ4n) is 2.88. The van der Waals surface area contributed by atoms with Crippen molar-refractivity contribution >= 4 is 55.2 Å². The van der Waals surface area contributed by atoms with Crippen LogP contribution in [0.5, 0.6) is 0 Å². The van der Waals surface area contributed by atoms with Gasteiger partial charge < -0.3 is 4.90 Å². The number of para-hydroxylation sites is 1. The van der Waals surface area contributed by atoms with E-state index in [2.05, 4.69) is 15.3 Å². The predicted molar refractivity (Wildman–Crippen MR) is 113 cm³/mol. The summed E-state index contributed by atoms with van der Waals surface area (Å²) in [5.41, 5.74) is 2.43. The van der Waals surface area contributed by atoms with Gasteiger partial charge in [-0.05, 0) is 44.4 Å². The number of aromatic nitrogens is 4. The van der Waals surface area contributed by atoms with Crippen LogP contribution in [-0.4, -0.2) is 58.0 Å². The number of carbonyl (C=O) groups excluding carboxylic acids is 1. The maximum Gasteiger partial charge on any atom is 0.250 e. The summed E-state index contributed by atoms with van der Waals surface area (Å²) in [5, 5.41) is 9.58. The second-order valence-electron chi connectivity index (χ2n) is 6.69. The van der Waals surface area contributed by atoms with E-state index in [1.165, 1.54) is 11.3 Å². The van der Waals surface area contributed by atoms with Gasteiger partial charge in [0, 0.05) is 18.1 Å². The van der Waals surface area contributed by atoms with Gasteiger partial charge in [-0.2, -0.15) is 0 Å². The average molecular weight is 415 g/mol. The highest BCUT2D eigenvalue weighted by molar-refractivity contribution is 7.22. The van der Waals surface area contributed by atoms with Crippen molar-refractivity contribution < 1.29 is 4.79 Å². The standard InChI is InChI=1S/C19H19ClN6OS/c1-24(2)9-10-25(19-21-15-8-7-13(20)11-17(15)28-19)18(27)12-26-16-6-4-3-5-14(16)22-23-26/h3-8,11H,9-10,12H2,1-2H3. The molecular weight excluding hydrogens is 396 g/mol. The van der Waals surface area contributed by atoms with E-state index in [9.17, 15) is 4.79 Å². The Morgan fingerprint density at radius 2 is 1.96 bits per heavy atom. The van der Waals surface area contributed by atoms with Gasteiger partial charge >= 0.3 is 0 Å². The third-order valence-corrected chi connectivity index (χ3v) is 5.62. The summed E-state index contributed by atoms with van der Waals surface area (Å²) in [6.07, 6.45) is 0. The largest absolute Gasteiger partial charge is 0.308 e. The lowest BCUT2D eigenvalue weighted by atomic mass is 10.3. The van der Waals surface area contributed by atoms with Crippen molar-refractivity contribution in [1.82, 2.24) is 24.9 Å². The monoisotopic (exact) mass is 414 g/mol. The third-order valence-electron chi connectivity index (χ3n) is 4.35. The molecule has 1 amide bonds. The predicted octanol–water partition coefficient (Wildman–Crippen LogP) is 3.29. The molecule has 0 atom stereocenters. The fraction of sp³-hybridized carbons (Fsp3) is 0.263. The molecule has 9 heteroatoms. The van der Waals surface area contributed by atoms with E-state index in [4.69, 9.17) is 11.6 Å². The maximum atomic E-state index is 13.2. The van der Waals surface area contributed by atoms with Crippen LogP contribution < -0.4 is 4.90 Å². The molecule has 28 heavy (non-hydrogen) atoms. The highest BCUT2D eigenvalue weighted by atomic mass is 35.5. The normalized spacial score (nSPS) is 11.6. The number of rotatable bonds is 6. The van der Waals surface area contributed by atoms with Crippen molar-refractivity contribution in [1.29, 1.82) is 0 Å². The number of hydrogen-bond donors (Lipinski definition) is 0. The molecule has 2 heterocycles. The van der Waals surface area contributed by atoms with Crippen LogP contribution in [0.4, 0.5) is 5.13 Å². The molecule has 4 aromatic rings. The smallest absolute Gasteiger partial charge is 0.250 e. The summed E-state index contributed by atoms with van der Waals surface area (Å²) in [6.45, 7) is 1.36. The second-order valence-corrected chi connectivity index (χ2v) is 8.14. The molecule has 0 aliphatic rings. The topological polar surface area (TPSA) is 67.2 Å².